The van der Waals surface area contributed by atoms with Crippen molar-refractivity contribution in [3.8, 4) is 22.4 Å². The van der Waals surface area contributed by atoms with E-state index in [1.165, 1.54) is 0 Å². The molecule has 0 saturated heterocycles. The summed E-state index contributed by atoms with van der Waals surface area (Å²) in [6.07, 6.45) is 7.00. The Bertz CT molecular complexity index is 726. The summed E-state index contributed by atoms with van der Waals surface area (Å²) in [4.78, 5) is 16.8. The molecule has 0 aliphatic heterocycles. The highest BCUT2D eigenvalue weighted by Gasteiger charge is 2.14. The zero-order valence-corrected chi connectivity index (χ0v) is 11.0. The molecule has 5 heteroatoms. The van der Waals surface area contributed by atoms with Crippen LogP contribution in [0.1, 0.15) is 5.69 Å². The smallest absolute Gasteiger partial charge is 0.220 e. The van der Waals surface area contributed by atoms with Gasteiger partial charge in [0, 0.05) is 41.5 Å². The average Bonchev–Trinajstić information content (AvgIpc) is 2.48. The van der Waals surface area contributed by atoms with Crippen molar-refractivity contribution < 1.29 is 0 Å². The maximum Gasteiger partial charge on any atom is 0.220 e. The number of aryl methyl sites for hydroxylation is 1. The summed E-state index contributed by atoms with van der Waals surface area (Å²) in [6, 6.07) is 7.68. The van der Waals surface area contributed by atoms with Crippen LogP contribution in [0.25, 0.3) is 22.4 Å². The summed E-state index contributed by atoms with van der Waals surface area (Å²) in [5, 5.41) is 0. The molecule has 0 atom stereocenters. The standard InChI is InChI=1S/C15H13N5/c1-10-13(12-3-2-6-18-9-12)14(20-15(16)19-10)11-4-7-17-8-5-11/h2-9H,1H3,(H2,16,19,20). The van der Waals surface area contributed by atoms with Crippen LogP contribution in [0.3, 0.4) is 0 Å². The van der Waals surface area contributed by atoms with E-state index in [0.717, 1.165) is 28.1 Å². The topological polar surface area (TPSA) is 77.6 Å². The molecule has 3 rings (SSSR count). The van der Waals surface area contributed by atoms with Gasteiger partial charge in [0.05, 0.1) is 11.4 Å². The molecule has 20 heavy (non-hydrogen) atoms. The van der Waals surface area contributed by atoms with Gasteiger partial charge in [-0.25, -0.2) is 9.97 Å². The molecule has 0 unspecified atom stereocenters. The normalized spacial score (nSPS) is 10.4. The Hall–Kier alpha value is -2.82. The second-order valence-electron chi connectivity index (χ2n) is 4.37. The van der Waals surface area contributed by atoms with E-state index in [1.807, 2.05) is 31.2 Å². The van der Waals surface area contributed by atoms with E-state index in [4.69, 9.17) is 5.73 Å². The van der Waals surface area contributed by atoms with Gasteiger partial charge in [0.1, 0.15) is 0 Å². The van der Waals surface area contributed by atoms with Crippen molar-refractivity contribution in [3.05, 3.63) is 54.7 Å². The molecular formula is C15H13N5. The highest BCUT2D eigenvalue weighted by atomic mass is 15.0. The van der Waals surface area contributed by atoms with Crippen LogP contribution in [0.2, 0.25) is 0 Å². The first-order chi connectivity index (χ1) is 9.75. The fourth-order valence-corrected chi connectivity index (χ4v) is 2.17. The first kappa shape index (κ1) is 12.2. The van der Waals surface area contributed by atoms with Crippen LogP contribution in [-0.2, 0) is 0 Å². The molecule has 5 nitrogen and oxygen atoms in total. The van der Waals surface area contributed by atoms with E-state index < -0.39 is 0 Å². The van der Waals surface area contributed by atoms with Gasteiger partial charge in [-0.1, -0.05) is 6.07 Å². The number of nitrogens with two attached hydrogens (primary N) is 1. The molecule has 0 aliphatic carbocycles. The molecular weight excluding hydrogens is 250 g/mol. The molecule has 0 bridgehead atoms. The Morgan fingerprint density at radius 1 is 0.900 bits per heavy atom. The van der Waals surface area contributed by atoms with Gasteiger partial charge in [-0.05, 0) is 25.1 Å². The molecule has 0 radical (unpaired) electrons. The van der Waals surface area contributed by atoms with Crippen molar-refractivity contribution in [1.82, 2.24) is 19.9 Å². The largest absolute Gasteiger partial charge is 0.368 e. The molecule has 0 spiro atoms. The molecule has 3 aromatic heterocycles. The van der Waals surface area contributed by atoms with Crippen LogP contribution in [0, 0.1) is 6.92 Å². The van der Waals surface area contributed by atoms with Crippen LogP contribution in [0.5, 0.6) is 0 Å². The number of pyridine rings is 2. The van der Waals surface area contributed by atoms with Crippen LogP contribution < -0.4 is 5.73 Å². The Balaban J connectivity index is 2.29. The lowest BCUT2D eigenvalue weighted by Crippen LogP contribution is -2.02. The van der Waals surface area contributed by atoms with E-state index in [-0.39, 0.29) is 5.95 Å². The minimum atomic E-state index is 0.266. The number of hydrogen-bond acceptors (Lipinski definition) is 5. The molecule has 0 aliphatic rings. The Morgan fingerprint density at radius 3 is 2.40 bits per heavy atom. The van der Waals surface area contributed by atoms with E-state index in [9.17, 15) is 0 Å². The van der Waals surface area contributed by atoms with Crippen LogP contribution >= 0.6 is 0 Å². The second kappa shape index (κ2) is 5.05. The maximum absolute atomic E-state index is 5.79. The van der Waals surface area contributed by atoms with Crippen molar-refractivity contribution in [2.75, 3.05) is 5.73 Å². The first-order valence-electron chi connectivity index (χ1n) is 6.20. The van der Waals surface area contributed by atoms with Gasteiger partial charge in [-0.15, -0.1) is 0 Å². The number of aromatic nitrogens is 4. The lowest BCUT2D eigenvalue weighted by Gasteiger charge is -2.12. The summed E-state index contributed by atoms with van der Waals surface area (Å²) in [7, 11) is 0. The van der Waals surface area contributed by atoms with Gasteiger partial charge in [0.2, 0.25) is 5.95 Å². The summed E-state index contributed by atoms with van der Waals surface area (Å²) in [6.45, 7) is 1.92. The summed E-state index contributed by atoms with van der Waals surface area (Å²) >= 11 is 0. The van der Waals surface area contributed by atoms with Gasteiger partial charge in [-0.2, -0.15) is 0 Å². The van der Waals surface area contributed by atoms with Gasteiger partial charge in [-0.3, -0.25) is 9.97 Å². The molecule has 0 saturated carbocycles. The molecule has 2 N–H and O–H groups in total. The summed E-state index contributed by atoms with van der Waals surface area (Å²) < 4.78 is 0. The fourth-order valence-electron chi connectivity index (χ4n) is 2.17. The maximum atomic E-state index is 5.79. The van der Waals surface area contributed by atoms with Crippen molar-refractivity contribution >= 4 is 5.95 Å². The highest BCUT2D eigenvalue weighted by Crippen LogP contribution is 2.32. The van der Waals surface area contributed by atoms with Crippen molar-refractivity contribution in [2.45, 2.75) is 6.92 Å². The molecule has 98 valence electrons. The third kappa shape index (κ3) is 2.21. The SMILES string of the molecule is Cc1nc(N)nc(-c2ccncc2)c1-c1cccnc1. The van der Waals surface area contributed by atoms with Gasteiger partial charge in [0.25, 0.3) is 0 Å². The van der Waals surface area contributed by atoms with Crippen molar-refractivity contribution in [1.29, 1.82) is 0 Å². The Labute approximate surface area is 116 Å². The van der Waals surface area contributed by atoms with Gasteiger partial charge >= 0.3 is 0 Å². The van der Waals surface area contributed by atoms with Gasteiger partial charge in [0.15, 0.2) is 0 Å². The predicted octanol–water partition coefficient (Wildman–Crippen LogP) is 2.49. The Kier molecular flexibility index (Phi) is 3.09. The lowest BCUT2D eigenvalue weighted by atomic mass is 10.00. The summed E-state index contributed by atoms with van der Waals surface area (Å²) in [5.41, 5.74) is 10.3. The van der Waals surface area contributed by atoms with E-state index in [0.29, 0.717) is 0 Å². The number of anilines is 1. The molecule has 0 amide bonds. The second-order valence-corrected chi connectivity index (χ2v) is 4.37. The number of hydrogen-bond donors (Lipinski definition) is 1. The number of rotatable bonds is 2. The van der Waals surface area contributed by atoms with E-state index in [1.54, 1.807) is 24.8 Å². The monoisotopic (exact) mass is 263 g/mol. The number of nitrogens with zero attached hydrogens (tertiary/aromatic N) is 4. The molecule has 0 fully saturated rings. The Morgan fingerprint density at radius 2 is 1.70 bits per heavy atom. The fraction of sp³-hybridized carbons (Fsp3) is 0.0667. The molecule has 3 aromatic rings. The van der Waals surface area contributed by atoms with Crippen molar-refractivity contribution in [3.63, 3.8) is 0 Å². The number of nitrogen functional groups attached to an aromatic ring is 1. The third-order valence-corrected chi connectivity index (χ3v) is 3.01. The van der Waals surface area contributed by atoms with Crippen LogP contribution in [-0.4, -0.2) is 19.9 Å². The third-order valence-electron chi connectivity index (χ3n) is 3.01. The molecule has 3 heterocycles. The average molecular weight is 263 g/mol. The summed E-state index contributed by atoms with van der Waals surface area (Å²) in [5.74, 6) is 0.266. The lowest BCUT2D eigenvalue weighted by molar-refractivity contribution is 1.12. The van der Waals surface area contributed by atoms with Crippen LogP contribution in [0.15, 0.2) is 49.1 Å². The highest BCUT2D eigenvalue weighted by molar-refractivity contribution is 5.82. The van der Waals surface area contributed by atoms with E-state index >= 15 is 0 Å². The predicted molar refractivity (Wildman–Crippen MR) is 77.6 cm³/mol. The molecule has 0 aromatic carbocycles. The van der Waals surface area contributed by atoms with Gasteiger partial charge < -0.3 is 5.73 Å². The quantitative estimate of drug-likeness (QED) is 0.768. The minimum absolute atomic E-state index is 0.266. The zero-order chi connectivity index (χ0) is 13.9. The van der Waals surface area contributed by atoms with E-state index in [2.05, 4.69) is 19.9 Å². The van der Waals surface area contributed by atoms with Crippen molar-refractivity contribution in [2.24, 2.45) is 0 Å². The van der Waals surface area contributed by atoms with Crippen LogP contribution in [0.4, 0.5) is 5.95 Å². The zero-order valence-electron chi connectivity index (χ0n) is 11.0. The first-order valence-corrected chi connectivity index (χ1v) is 6.20. The minimum Gasteiger partial charge on any atom is -0.368 e.